The lowest BCUT2D eigenvalue weighted by Gasteiger charge is -2.32. The van der Waals surface area contributed by atoms with Crippen LogP contribution < -0.4 is 15.2 Å². The van der Waals surface area contributed by atoms with Crippen LogP contribution in [-0.2, 0) is 9.84 Å². The Morgan fingerprint density at radius 1 is 1.15 bits per heavy atom. The third-order valence-corrected chi connectivity index (χ3v) is 7.74. The molecule has 0 saturated carbocycles. The zero-order chi connectivity index (χ0) is 24.5. The van der Waals surface area contributed by atoms with E-state index in [4.69, 9.17) is 27.9 Å². The second-order valence-corrected chi connectivity index (χ2v) is 10.8. The summed E-state index contributed by atoms with van der Waals surface area (Å²) in [7, 11) is -3.72. The van der Waals surface area contributed by atoms with Crippen LogP contribution in [0.2, 0.25) is 10.0 Å². The Morgan fingerprint density at radius 3 is 2.44 bits per heavy atom. The molecular weight excluding hydrogens is 506 g/mol. The van der Waals surface area contributed by atoms with Gasteiger partial charge in [0.25, 0.3) is 5.56 Å². The molecule has 8 nitrogen and oxygen atoms in total. The smallest absolute Gasteiger partial charge is 0.258 e. The molecule has 0 spiro atoms. The van der Waals surface area contributed by atoms with Crippen molar-refractivity contribution in [3.63, 3.8) is 0 Å². The van der Waals surface area contributed by atoms with Crippen molar-refractivity contribution in [2.45, 2.75) is 30.8 Å². The van der Waals surface area contributed by atoms with Gasteiger partial charge in [0.05, 0.1) is 33.9 Å². The highest BCUT2D eigenvalue weighted by molar-refractivity contribution is 7.91. The van der Waals surface area contributed by atoms with E-state index in [1.54, 1.807) is 12.4 Å². The van der Waals surface area contributed by atoms with E-state index in [1.165, 1.54) is 25.3 Å². The Kier molecular flexibility index (Phi) is 7.11. The Morgan fingerprint density at radius 2 is 1.82 bits per heavy atom. The van der Waals surface area contributed by atoms with Crippen molar-refractivity contribution in [1.82, 2.24) is 14.5 Å². The average Bonchev–Trinajstić information content (AvgIpc) is 2.82. The number of hydrogen-bond donors (Lipinski definition) is 0. The van der Waals surface area contributed by atoms with Gasteiger partial charge in [-0.15, -0.1) is 0 Å². The number of nitrogens with zero attached hydrogens (tertiary/aromatic N) is 4. The third kappa shape index (κ3) is 5.18. The molecule has 1 aliphatic rings. The molecule has 0 radical (unpaired) electrons. The van der Waals surface area contributed by atoms with E-state index in [0.29, 0.717) is 36.9 Å². The topological polar surface area (TPSA) is 94.4 Å². The van der Waals surface area contributed by atoms with E-state index in [-0.39, 0.29) is 28.3 Å². The summed E-state index contributed by atoms with van der Waals surface area (Å²) in [5.41, 5.74) is -0.334. The highest BCUT2D eigenvalue weighted by Gasteiger charge is 2.24. The molecule has 2 aromatic heterocycles. The third-order valence-electron chi connectivity index (χ3n) is 5.50. The number of sulfone groups is 1. The van der Waals surface area contributed by atoms with Crippen molar-refractivity contribution in [2.75, 3.05) is 23.7 Å². The molecule has 1 fully saturated rings. The van der Waals surface area contributed by atoms with Crippen LogP contribution in [0.15, 0.2) is 52.5 Å². The zero-order valence-corrected chi connectivity index (χ0v) is 20.4. The first-order valence-corrected chi connectivity index (χ1v) is 12.9. The van der Waals surface area contributed by atoms with Crippen LogP contribution in [0.5, 0.6) is 5.75 Å². The summed E-state index contributed by atoms with van der Waals surface area (Å²) in [5.74, 6) is -0.338. The molecule has 1 aromatic carbocycles. The number of aromatic nitrogens is 3. The molecule has 3 aromatic rings. The van der Waals surface area contributed by atoms with Gasteiger partial charge < -0.3 is 9.64 Å². The number of hydrogen-bond acceptors (Lipinski definition) is 7. The molecule has 0 aliphatic carbocycles. The normalized spacial score (nSPS) is 14.9. The quantitative estimate of drug-likeness (QED) is 0.480. The van der Waals surface area contributed by atoms with Crippen molar-refractivity contribution in [2.24, 2.45) is 0 Å². The number of ether oxygens (including phenoxy) is 1. The largest absolute Gasteiger partial charge is 0.488 e. The second-order valence-electron chi connectivity index (χ2n) is 7.72. The van der Waals surface area contributed by atoms with Gasteiger partial charge in [0.1, 0.15) is 22.6 Å². The number of piperidine rings is 1. The molecule has 0 bridgehead atoms. The van der Waals surface area contributed by atoms with Gasteiger partial charge in [0.15, 0.2) is 9.84 Å². The fraction of sp³-hybridized carbons (Fsp3) is 0.318. The molecule has 1 saturated heterocycles. The predicted molar refractivity (Wildman–Crippen MR) is 128 cm³/mol. The zero-order valence-electron chi connectivity index (χ0n) is 18.1. The molecule has 180 valence electrons. The molecule has 0 unspecified atom stereocenters. The Bertz CT molecular complexity index is 1360. The van der Waals surface area contributed by atoms with Crippen LogP contribution in [-0.4, -0.2) is 47.9 Å². The Labute approximate surface area is 205 Å². The van der Waals surface area contributed by atoms with E-state index < -0.39 is 26.1 Å². The second kappa shape index (κ2) is 9.89. The first-order valence-electron chi connectivity index (χ1n) is 10.5. The predicted octanol–water partition coefficient (Wildman–Crippen LogP) is 3.91. The maximum absolute atomic E-state index is 14.4. The van der Waals surface area contributed by atoms with Crippen LogP contribution >= 0.6 is 23.2 Å². The number of anilines is 1. The maximum Gasteiger partial charge on any atom is 0.258 e. The van der Waals surface area contributed by atoms with Gasteiger partial charge in [-0.1, -0.05) is 30.1 Å². The van der Waals surface area contributed by atoms with E-state index >= 15 is 0 Å². The molecule has 4 rings (SSSR count). The fourth-order valence-corrected chi connectivity index (χ4v) is 4.89. The molecule has 34 heavy (non-hydrogen) atoms. The van der Waals surface area contributed by atoms with Crippen LogP contribution in [0, 0.1) is 5.82 Å². The Hall–Kier alpha value is -2.69. The minimum Gasteiger partial charge on any atom is -0.488 e. The molecular formula is C22H21Cl2FN4O4S. The highest BCUT2D eigenvalue weighted by Crippen LogP contribution is 2.28. The molecule has 12 heteroatoms. The van der Waals surface area contributed by atoms with Crippen LogP contribution in [0.25, 0.3) is 5.69 Å². The van der Waals surface area contributed by atoms with E-state index in [2.05, 4.69) is 9.97 Å². The van der Waals surface area contributed by atoms with Crippen molar-refractivity contribution in [3.8, 4) is 11.4 Å². The monoisotopic (exact) mass is 526 g/mol. The highest BCUT2D eigenvalue weighted by atomic mass is 35.5. The molecule has 0 atom stereocenters. The first-order chi connectivity index (χ1) is 16.2. The summed E-state index contributed by atoms with van der Waals surface area (Å²) in [6.07, 6.45) is 5.60. The first kappa shape index (κ1) is 24.4. The van der Waals surface area contributed by atoms with Gasteiger partial charge in [0.2, 0.25) is 5.95 Å². The van der Waals surface area contributed by atoms with Gasteiger partial charge in [0, 0.05) is 38.2 Å². The summed E-state index contributed by atoms with van der Waals surface area (Å²) in [6, 6.07) is 4.74. The minimum atomic E-state index is -3.72. The average molecular weight is 527 g/mol. The molecule has 1 aliphatic heterocycles. The van der Waals surface area contributed by atoms with Gasteiger partial charge in [-0.05, 0) is 18.2 Å². The van der Waals surface area contributed by atoms with Gasteiger partial charge in [-0.25, -0.2) is 22.8 Å². The van der Waals surface area contributed by atoms with Crippen molar-refractivity contribution < 1.29 is 17.5 Å². The van der Waals surface area contributed by atoms with Gasteiger partial charge in [-0.2, -0.15) is 0 Å². The maximum atomic E-state index is 14.4. The Balaban J connectivity index is 1.48. The lowest BCUT2D eigenvalue weighted by molar-refractivity contribution is 0.170. The minimum absolute atomic E-state index is 0.155. The molecule has 0 amide bonds. The van der Waals surface area contributed by atoms with Crippen LogP contribution in [0.3, 0.4) is 0 Å². The van der Waals surface area contributed by atoms with Gasteiger partial charge >= 0.3 is 0 Å². The van der Waals surface area contributed by atoms with Crippen LogP contribution in [0.4, 0.5) is 10.3 Å². The van der Waals surface area contributed by atoms with E-state index in [1.807, 2.05) is 4.90 Å². The standard InChI is InChI=1S/C22H21Cl2FN4O4S/c1-2-34(31,32)20-4-3-15(9-18(20)25)29-13-17(24)19(10-21(29)30)33-16-5-7-28(8-6-16)22-26-11-14(23)12-27-22/h3-4,9-13,16H,2,5-8H2,1H3. The molecule has 0 N–H and O–H groups in total. The van der Waals surface area contributed by atoms with Crippen LogP contribution in [0.1, 0.15) is 19.8 Å². The summed E-state index contributed by atoms with van der Waals surface area (Å²) in [5, 5.41) is 0.643. The lowest BCUT2D eigenvalue weighted by Crippen LogP contribution is -2.39. The van der Waals surface area contributed by atoms with Gasteiger partial charge in [-0.3, -0.25) is 9.36 Å². The van der Waals surface area contributed by atoms with Crippen molar-refractivity contribution in [3.05, 3.63) is 69.1 Å². The SMILES string of the molecule is CCS(=O)(=O)c1ccc(-n2cc(Cl)c(OC3CCN(c4ncc(Cl)cn4)CC3)cc2=O)cc1F. The summed E-state index contributed by atoms with van der Waals surface area (Å²) < 4.78 is 45.5. The van der Waals surface area contributed by atoms with E-state index in [9.17, 15) is 17.6 Å². The summed E-state index contributed by atoms with van der Waals surface area (Å²) in [4.78, 5) is 22.8. The lowest BCUT2D eigenvalue weighted by atomic mass is 10.1. The number of rotatable bonds is 6. The number of pyridine rings is 1. The molecule has 3 heterocycles. The number of halogens is 3. The summed E-state index contributed by atoms with van der Waals surface area (Å²) >= 11 is 12.2. The summed E-state index contributed by atoms with van der Waals surface area (Å²) in [6.45, 7) is 2.75. The van der Waals surface area contributed by atoms with E-state index in [0.717, 1.165) is 16.7 Å². The number of benzene rings is 1. The van der Waals surface area contributed by atoms with Crippen molar-refractivity contribution >= 4 is 39.0 Å². The fourth-order valence-electron chi connectivity index (χ4n) is 3.65. The van der Waals surface area contributed by atoms with Crippen molar-refractivity contribution in [1.29, 1.82) is 0 Å².